The van der Waals surface area contributed by atoms with Crippen LogP contribution < -0.4 is 5.32 Å². The molecule has 1 aromatic rings. The molecule has 0 amide bonds. The van der Waals surface area contributed by atoms with E-state index in [1.807, 2.05) is 12.1 Å². The summed E-state index contributed by atoms with van der Waals surface area (Å²) < 4.78 is 23.0. The standard InChI is InChI=1S/C15H24N2O2S/c1-3-4-15(17-11-9-16-10-12-17)13-5-7-14(8-6-13)20(2,18)19/h5-8,15-16H,3-4,9-12H2,1-2H3/t15-/m1/s1. The van der Waals surface area contributed by atoms with Gasteiger partial charge in [-0.2, -0.15) is 0 Å². The van der Waals surface area contributed by atoms with Crippen LogP contribution in [0.2, 0.25) is 0 Å². The van der Waals surface area contributed by atoms with Gasteiger partial charge in [0.2, 0.25) is 0 Å². The molecule has 0 aromatic heterocycles. The zero-order valence-corrected chi connectivity index (χ0v) is 13.1. The van der Waals surface area contributed by atoms with Crippen LogP contribution in [-0.2, 0) is 9.84 Å². The minimum Gasteiger partial charge on any atom is -0.314 e. The zero-order valence-electron chi connectivity index (χ0n) is 12.3. The lowest BCUT2D eigenvalue weighted by Gasteiger charge is -2.35. The highest BCUT2D eigenvalue weighted by Gasteiger charge is 2.21. The highest BCUT2D eigenvalue weighted by Crippen LogP contribution is 2.27. The van der Waals surface area contributed by atoms with E-state index in [4.69, 9.17) is 0 Å². The second kappa shape index (κ2) is 6.70. The molecular weight excluding hydrogens is 272 g/mol. The minimum absolute atomic E-state index is 0.399. The Labute approximate surface area is 122 Å². The molecule has 1 heterocycles. The van der Waals surface area contributed by atoms with Crippen LogP contribution >= 0.6 is 0 Å². The van der Waals surface area contributed by atoms with Crippen LogP contribution in [-0.4, -0.2) is 45.8 Å². The number of hydrogen-bond donors (Lipinski definition) is 1. The fourth-order valence-corrected chi connectivity index (χ4v) is 3.39. The number of hydrogen-bond acceptors (Lipinski definition) is 4. The van der Waals surface area contributed by atoms with E-state index in [-0.39, 0.29) is 0 Å². The molecule has 1 saturated heterocycles. The number of piperazine rings is 1. The number of rotatable bonds is 5. The summed E-state index contributed by atoms with van der Waals surface area (Å²) in [4.78, 5) is 2.90. The highest BCUT2D eigenvalue weighted by atomic mass is 32.2. The molecule has 112 valence electrons. The molecule has 1 aliphatic heterocycles. The largest absolute Gasteiger partial charge is 0.314 e. The van der Waals surface area contributed by atoms with Crippen molar-refractivity contribution in [3.63, 3.8) is 0 Å². The third-order valence-electron chi connectivity index (χ3n) is 3.85. The minimum atomic E-state index is -3.11. The van der Waals surface area contributed by atoms with Crippen LogP contribution in [0.4, 0.5) is 0 Å². The first-order valence-electron chi connectivity index (χ1n) is 7.27. The molecule has 0 unspecified atom stereocenters. The van der Waals surface area contributed by atoms with E-state index in [2.05, 4.69) is 17.1 Å². The molecule has 0 bridgehead atoms. The lowest BCUT2D eigenvalue weighted by Crippen LogP contribution is -2.45. The summed E-state index contributed by atoms with van der Waals surface area (Å²) in [6.07, 6.45) is 3.49. The van der Waals surface area contributed by atoms with Crippen LogP contribution in [0, 0.1) is 0 Å². The van der Waals surface area contributed by atoms with Gasteiger partial charge in [0.25, 0.3) is 0 Å². The molecule has 1 aliphatic rings. The van der Waals surface area contributed by atoms with E-state index < -0.39 is 9.84 Å². The average Bonchev–Trinajstić information content (AvgIpc) is 2.45. The molecule has 0 spiro atoms. The maximum absolute atomic E-state index is 11.5. The first kappa shape index (κ1) is 15.5. The van der Waals surface area contributed by atoms with Crippen molar-refractivity contribution in [1.29, 1.82) is 0 Å². The first-order chi connectivity index (χ1) is 9.52. The fourth-order valence-electron chi connectivity index (χ4n) is 2.76. The number of nitrogens with one attached hydrogen (secondary N) is 1. The van der Waals surface area contributed by atoms with Crippen LogP contribution in [0.5, 0.6) is 0 Å². The Bertz CT molecular complexity index is 519. The van der Waals surface area contributed by atoms with E-state index in [0.717, 1.165) is 39.0 Å². The van der Waals surface area contributed by atoms with Crippen LogP contribution in [0.15, 0.2) is 29.2 Å². The monoisotopic (exact) mass is 296 g/mol. The van der Waals surface area contributed by atoms with Crippen LogP contribution in [0.1, 0.15) is 31.4 Å². The van der Waals surface area contributed by atoms with Crippen molar-refractivity contribution < 1.29 is 8.42 Å². The van der Waals surface area contributed by atoms with Gasteiger partial charge < -0.3 is 5.32 Å². The second-order valence-electron chi connectivity index (χ2n) is 5.43. The van der Waals surface area contributed by atoms with Gasteiger partial charge in [-0.15, -0.1) is 0 Å². The lowest BCUT2D eigenvalue weighted by atomic mass is 10.00. The number of benzene rings is 1. The fraction of sp³-hybridized carbons (Fsp3) is 0.600. The molecule has 0 radical (unpaired) electrons. The third-order valence-corrected chi connectivity index (χ3v) is 4.98. The summed E-state index contributed by atoms with van der Waals surface area (Å²) in [5.74, 6) is 0. The zero-order chi connectivity index (χ0) is 14.6. The SMILES string of the molecule is CCC[C@H](c1ccc(S(C)(=O)=O)cc1)N1CCNCC1. The van der Waals surface area contributed by atoms with Gasteiger partial charge in [0.15, 0.2) is 9.84 Å². The van der Waals surface area contributed by atoms with Crippen molar-refractivity contribution in [2.75, 3.05) is 32.4 Å². The maximum Gasteiger partial charge on any atom is 0.175 e. The Kier molecular flexibility index (Phi) is 5.18. The molecule has 5 heteroatoms. The molecule has 1 N–H and O–H groups in total. The number of sulfone groups is 1. The van der Waals surface area contributed by atoms with Crippen molar-refractivity contribution in [2.24, 2.45) is 0 Å². The van der Waals surface area contributed by atoms with Gasteiger partial charge in [0.1, 0.15) is 0 Å². The van der Waals surface area contributed by atoms with Crippen molar-refractivity contribution in [3.05, 3.63) is 29.8 Å². The molecule has 2 rings (SSSR count). The highest BCUT2D eigenvalue weighted by molar-refractivity contribution is 7.90. The summed E-state index contributed by atoms with van der Waals surface area (Å²) >= 11 is 0. The summed E-state index contributed by atoms with van der Waals surface area (Å²) in [6, 6.07) is 7.80. The quantitative estimate of drug-likeness (QED) is 0.901. The van der Waals surface area contributed by atoms with Gasteiger partial charge in [0.05, 0.1) is 4.90 Å². The molecule has 0 saturated carbocycles. The molecule has 1 fully saturated rings. The number of nitrogens with zero attached hydrogens (tertiary/aromatic N) is 1. The molecule has 4 nitrogen and oxygen atoms in total. The maximum atomic E-state index is 11.5. The lowest BCUT2D eigenvalue weighted by molar-refractivity contribution is 0.164. The van der Waals surface area contributed by atoms with E-state index in [9.17, 15) is 8.42 Å². The summed E-state index contributed by atoms with van der Waals surface area (Å²) in [7, 11) is -3.11. The summed E-state index contributed by atoms with van der Waals surface area (Å²) in [5.41, 5.74) is 1.22. The third kappa shape index (κ3) is 3.81. The van der Waals surface area contributed by atoms with Crippen LogP contribution in [0.25, 0.3) is 0 Å². The van der Waals surface area contributed by atoms with Crippen molar-refractivity contribution in [2.45, 2.75) is 30.7 Å². The van der Waals surface area contributed by atoms with E-state index in [0.29, 0.717) is 10.9 Å². The second-order valence-corrected chi connectivity index (χ2v) is 7.45. The van der Waals surface area contributed by atoms with E-state index >= 15 is 0 Å². The molecule has 0 aliphatic carbocycles. The van der Waals surface area contributed by atoms with E-state index in [1.54, 1.807) is 12.1 Å². The topological polar surface area (TPSA) is 49.4 Å². The van der Waals surface area contributed by atoms with Gasteiger partial charge in [-0.05, 0) is 24.1 Å². The predicted octanol–water partition coefficient (Wildman–Crippen LogP) is 1.84. The average molecular weight is 296 g/mol. The molecule has 20 heavy (non-hydrogen) atoms. The molecule has 1 aromatic carbocycles. The van der Waals surface area contributed by atoms with Gasteiger partial charge in [-0.3, -0.25) is 4.90 Å². The van der Waals surface area contributed by atoms with Gasteiger partial charge >= 0.3 is 0 Å². The van der Waals surface area contributed by atoms with Gasteiger partial charge in [-0.25, -0.2) is 8.42 Å². The molecule has 1 atom stereocenters. The Hall–Kier alpha value is -0.910. The first-order valence-corrected chi connectivity index (χ1v) is 9.16. The van der Waals surface area contributed by atoms with Crippen LogP contribution in [0.3, 0.4) is 0 Å². The predicted molar refractivity (Wildman–Crippen MR) is 81.6 cm³/mol. The van der Waals surface area contributed by atoms with Crippen molar-refractivity contribution in [3.8, 4) is 0 Å². The summed E-state index contributed by atoms with van der Waals surface area (Å²) in [6.45, 7) is 6.36. The normalized spacial score (nSPS) is 18.9. The van der Waals surface area contributed by atoms with E-state index in [1.165, 1.54) is 11.8 Å². The Morgan fingerprint density at radius 3 is 2.30 bits per heavy atom. The Morgan fingerprint density at radius 2 is 1.80 bits per heavy atom. The van der Waals surface area contributed by atoms with Gasteiger partial charge in [-0.1, -0.05) is 25.5 Å². The van der Waals surface area contributed by atoms with Crippen molar-refractivity contribution >= 4 is 9.84 Å². The smallest absolute Gasteiger partial charge is 0.175 e. The van der Waals surface area contributed by atoms with Gasteiger partial charge in [0, 0.05) is 38.5 Å². The van der Waals surface area contributed by atoms with Crippen molar-refractivity contribution in [1.82, 2.24) is 10.2 Å². The Balaban J connectivity index is 2.20. The molecular formula is C15H24N2O2S. The summed E-state index contributed by atoms with van der Waals surface area (Å²) in [5, 5.41) is 3.37. The Morgan fingerprint density at radius 1 is 1.20 bits per heavy atom.